The standard InChI is InChI=1S/C10H20N2O3S/c1-8(6-11)16-7-9(13)12-5-3-4-10(14)15-2/h8H,3-7,11H2,1-2H3,(H,12,13). The molecule has 0 heterocycles. The summed E-state index contributed by atoms with van der Waals surface area (Å²) in [7, 11) is 1.35. The molecule has 0 bridgehead atoms. The summed E-state index contributed by atoms with van der Waals surface area (Å²) in [5.74, 6) is 0.145. The highest BCUT2D eigenvalue weighted by atomic mass is 32.2. The summed E-state index contributed by atoms with van der Waals surface area (Å²) in [6.45, 7) is 3.06. The molecular formula is C10H20N2O3S. The fraction of sp³-hybridized carbons (Fsp3) is 0.800. The molecule has 1 atom stereocenters. The normalized spacial score (nSPS) is 11.9. The van der Waals surface area contributed by atoms with Crippen molar-refractivity contribution in [1.29, 1.82) is 0 Å². The van der Waals surface area contributed by atoms with Crippen LogP contribution < -0.4 is 11.1 Å². The number of esters is 1. The van der Waals surface area contributed by atoms with E-state index in [2.05, 4.69) is 10.1 Å². The Morgan fingerprint density at radius 1 is 1.50 bits per heavy atom. The van der Waals surface area contributed by atoms with Crippen LogP contribution >= 0.6 is 11.8 Å². The van der Waals surface area contributed by atoms with Crippen molar-refractivity contribution < 1.29 is 14.3 Å². The molecule has 0 saturated carbocycles. The maximum absolute atomic E-state index is 11.3. The first-order chi connectivity index (χ1) is 7.60. The molecule has 0 aromatic heterocycles. The van der Waals surface area contributed by atoms with Crippen molar-refractivity contribution in [3.05, 3.63) is 0 Å². The van der Waals surface area contributed by atoms with Crippen LogP contribution in [0.25, 0.3) is 0 Å². The third kappa shape index (κ3) is 8.55. The minimum atomic E-state index is -0.250. The Labute approximate surface area is 100 Å². The first-order valence-corrected chi connectivity index (χ1v) is 6.30. The average Bonchev–Trinajstić information content (AvgIpc) is 2.31. The monoisotopic (exact) mass is 248 g/mol. The quantitative estimate of drug-likeness (QED) is 0.471. The van der Waals surface area contributed by atoms with Gasteiger partial charge in [0.05, 0.1) is 12.9 Å². The molecule has 1 unspecified atom stereocenters. The van der Waals surface area contributed by atoms with Crippen LogP contribution in [0.15, 0.2) is 0 Å². The number of carbonyl (C=O) groups is 2. The van der Waals surface area contributed by atoms with E-state index >= 15 is 0 Å². The molecule has 0 aromatic rings. The van der Waals surface area contributed by atoms with E-state index in [1.807, 2.05) is 6.92 Å². The van der Waals surface area contributed by atoms with Gasteiger partial charge in [-0.05, 0) is 6.42 Å². The first-order valence-electron chi connectivity index (χ1n) is 5.25. The molecule has 0 aromatic carbocycles. The Morgan fingerprint density at radius 2 is 2.19 bits per heavy atom. The average molecular weight is 248 g/mol. The van der Waals surface area contributed by atoms with Crippen LogP contribution in [0.1, 0.15) is 19.8 Å². The predicted molar refractivity (Wildman–Crippen MR) is 65.2 cm³/mol. The van der Waals surface area contributed by atoms with Gasteiger partial charge in [0, 0.05) is 24.8 Å². The lowest BCUT2D eigenvalue weighted by molar-refractivity contribution is -0.140. The molecule has 1 amide bonds. The van der Waals surface area contributed by atoms with Crippen molar-refractivity contribution in [3.8, 4) is 0 Å². The van der Waals surface area contributed by atoms with Gasteiger partial charge in [-0.2, -0.15) is 0 Å². The zero-order valence-corrected chi connectivity index (χ0v) is 10.6. The molecule has 0 spiro atoms. The van der Waals surface area contributed by atoms with Gasteiger partial charge in [-0.25, -0.2) is 0 Å². The fourth-order valence-corrected chi connectivity index (χ4v) is 1.57. The number of carbonyl (C=O) groups excluding carboxylic acids is 2. The third-order valence-electron chi connectivity index (χ3n) is 1.94. The smallest absolute Gasteiger partial charge is 0.305 e. The number of hydrogen-bond donors (Lipinski definition) is 2. The predicted octanol–water partition coefficient (Wildman–Crippen LogP) is 0.136. The molecule has 0 aliphatic rings. The van der Waals surface area contributed by atoms with Gasteiger partial charge in [0.25, 0.3) is 0 Å². The topological polar surface area (TPSA) is 81.4 Å². The molecule has 94 valence electrons. The highest BCUT2D eigenvalue weighted by Crippen LogP contribution is 2.07. The molecule has 0 aliphatic carbocycles. The minimum absolute atomic E-state index is 0.0184. The second-order valence-electron chi connectivity index (χ2n) is 3.39. The van der Waals surface area contributed by atoms with Gasteiger partial charge in [0.2, 0.25) is 5.91 Å². The molecule has 16 heavy (non-hydrogen) atoms. The van der Waals surface area contributed by atoms with Crippen LogP contribution in [-0.2, 0) is 14.3 Å². The number of nitrogens with one attached hydrogen (secondary N) is 1. The van der Waals surface area contributed by atoms with Gasteiger partial charge in [-0.3, -0.25) is 9.59 Å². The van der Waals surface area contributed by atoms with Gasteiger partial charge in [0.15, 0.2) is 0 Å². The Kier molecular flexibility index (Phi) is 9.03. The lowest BCUT2D eigenvalue weighted by Crippen LogP contribution is -2.28. The number of nitrogens with two attached hydrogens (primary N) is 1. The highest BCUT2D eigenvalue weighted by Gasteiger charge is 2.05. The van der Waals surface area contributed by atoms with Gasteiger partial charge < -0.3 is 15.8 Å². The van der Waals surface area contributed by atoms with Crippen LogP contribution in [0.3, 0.4) is 0 Å². The van der Waals surface area contributed by atoms with Crippen molar-refractivity contribution in [2.75, 3.05) is 26.0 Å². The van der Waals surface area contributed by atoms with Gasteiger partial charge in [0.1, 0.15) is 0 Å². The van der Waals surface area contributed by atoms with Crippen LogP contribution in [-0.4, -0.2) is 43.1 Å². The number of methoxy groups -OCH3 is 1. The molecule has 0 radical (unpaired) electrons. The molecule has 0 fully saturated rings. The van der Waals surface area contributed by atoms with E-state index < -0.39 is 0 Å². The third-order valence-corrected chi connectivity index (χ3v) is 3.13. The van der Waals surface area contributed by atoms with Gasteiger partial charge in [-0.15, -0.1) is 11.8 Å². The maximum Gasteiger partial charge on any atom is 0.305 e. The molecular weight excluding hydrogens is 228 g/mol. The van der Waals surface area contributed by atoms with Crippen molar-refractivity contribution in [2.45, 2.75) is 25.0 Å². The summed E-state index contributed by atoms with van der Waals surface area (Å²) in [6.07, 6.45) is 0.943. The summed E-state index contributed by atoms with van der Waals surface area (Å²) in [6, 6.07) is 0. The molecule has 0 aliphatic heterocycles. The zero-order chi connectivity index (χ0) is 12.4. The largest absolute Gasteiger partial charge is 0.469 e. The lowest BCUT2D eigenvalue weighted by Gasteiger charge is -2.08. The van der Waals surface area contributed by atoms with Crippen molar-refractivity contribution >= 4 is 23.6 Å². The van der Waals surface area contributed by atoms with Gasteiger partial charge >= 0.3 is 5.97 Å². The molecule has 0 saturated heterocycles. The fourth-order valence-electron chi connectivity index (χ4n) is 0.900. The van der Waals surface area contributed by atoms with Crippen molar-refractivity contribution in [1.82, 2.24) is 5.32 Å². The number of hydrogen-bond acceptors (Lipinski definition) is 5. The van der Waals surface area contributed by atoms with E-state index in [0.717, 1.165) is 0 Å². The SMILES string of the molecule is COC(=O)CCCNC(=O)CSC(C)CN. The van der Waals surface area contributed by atoms with Crippen LogP contribution in [0.5, 0.6) is 0 Å². The highest BCUT2D eigenvalue weighted by molar-refractivity contribution is 8.00. The lowest BCUT2D eigenvalue weighted by atomic mass is 10.3. The van der Waals surface area contributed by atoms with E-state index in [1.165, 1.54) is 18.9 Å². The van der Waals surface area contributed by atoms with E-state index in [-0.39, 0.29) is 11.9 Å². The van der Waals surface area contributed by atoms with Crippen LogP contribution in [0.4, 0.5) is 0 Å². The van der Waals surface area contributed by atoms with Crippen molar-refractivity contribution in [2.24, 2.45) is 5.73 Å². The number of amides is 1. The number of thioether (sulfide) groups is 1. The minimum Gasteiger partial charge on any atom is -0.469 e. The summed E-state index contributed by atoms with van der Waals surface area (Å²) in [5, 5.41) is 3.03. The summed E-state index contributed by atoms with van der Waals surface area (Å²) in [5.41, 5.74) is 5.42. The summed E-state index contributed by atoms with van der Waals surface area (Å²) < 4.78 is 4.48. The Balaban J connectivity index is 3.40. The van der Waals surface area contributed by atoms with Gasteiger partial charge in [-0.1, -0.05) is 6.92 Å². The summed E-state index contributed by atoms with van der Waals surface area (Å²) in [4.78, 5) is 22.0. The van der Waals surface area contributed by atoms with E-state index in [4.69, 9.17) is 5.73 Å². The Bertz CT molecular complexity index is 224. The first kappa shape index (κ1) is 15.2. The van der Waals surface area contributed by atoms with E-state index in [0.29, 0.717) is 36.9 Å². The second kappa shape index (κ2) is 9.47. The molecule has 3 N–H and O–H groups in total. The number of rotatable bonds is 8. The van der Waals surface area contributed by atoms with Crippen LogP contribution in [0, 0.1) is 0 Å². The summed E-state index contributed by atoms with van der Waals surface area (Å²) >= 11 is 1.52. The van der Waals surface area contributed by atoms with E-state index in [1.54, 1.807) is 0 Å². The number of ether oxygens (including phenoxy) is 1. The zero-order valence-electron chi connectivity index (χ0n) is 9.82. The van der Waals surface area contributed by atoms with Crippen LogP contribution in [0.2, 0.25) is 0 Å². The Morgan fingerprint density at radius 3 is 2.75 bits per heavy atom. The molecule has 6 heteroatoms. The molecule has 0 rings (SSSR count). The van der Waals surface area contributed by atoms with Crippen molar-refractivity contribution in [3.63, 3.8) is 0 Å². The van der Waals surface area contributed by atoms with E-state index in [9.17, 15) is 9.59 Å². The Hall–Kier alpha value is -0.750. The second-order valence-corrected chi connectivity index (χ2v) is 4.81. The molecule has 5 nitrogen and oxygen atoms in total. The maximum atomic E-state index is 11.3.